The molecule has 2 rings (SSSR count). The molecule has 0 saturated carbocycles. The number of likely N-dealkylation sites (tertiary alicyclic amines) is 1. The largest absolute Gasteiger partial charge is 0.294 e. The molecule has 4 nitrogen and oxygen atoms in total. The lowest BCUT2D eigenvalue weighted by Gasteiger charge is -2.31. The maximum Gasteiger partial charge on any atom is 0.269 e. The van der Waals surface area contributed by atoms with Gasteiger partial charge in [-0.05, 0) is 44.9 Å². The fourth-order valence-corrected chi connectivity index (χ4v) is 2.64. The summed E-state index contributed by atoms with van der Waals surface area (Å²) in [7, 11) is 0. The van der Waals surface area contributed by atoms with Gasteiger partial charge in [0.25, 0.3) is 5.69 Å². The van der Waals surface area contributed by atoms with Crippen molar-refractivity contribution >= 4 is 17.3 Å². The van der Waals surface area contributed by atoms with Crippen LogP contribution in [-0.2, 0) is 6.54 Å². The molecule has 98 valence electrons. The van der Waals surface area contributed by atoms with Gasteiger partial charge in [-0.1, -0.05) is 11.6 Å². The van der Waals surface area contributed by atoms with Crippen LogP contribution >= 0.6 is 11.6 Å². The molecule has 1 heterocycles. The monoisotopic (exact) mass is 268 g/mol. The maximum absolute atomic E-state index is 10.8. The minimum atomic E-state index is -0.380. The molecule has 1 aliphatic heterocycles. The van der Waals surface area contributed by atoms with Gasteiger partial charge < -0.3 is 0 Å². The first kappa shape index (κ1) is 13.3. The summed E-state index contributed by atoms with van der Waals surface area (Å²) in [5.41, 5.74) is 1.08. The maximum atomic E-state index is 10.8. The molecular weight excluding hydrogens is 252 g/mol. The number of rotatable bonds is 3. The fourth-order valence-electron chi connectivity index (χ4n) is 2.46. The van der Waals surface area contributed by atoms with Crippen LogP contribution in [0.25, 0.3) is 0 Å². The van der Waals surface area contributed by atoms with Crippen LogP contribution in [0.5, 0.6) is 0 Å². The van der Waals surface area contributed by atoms with Gasteiger partial charge in [0.2, 0.25) is 0 Å². The Morgan fingerprint density at radius 1 is 1.50 bits per heavy atom. The SMILES string of the molecule is CC1(C)CCCN1Cc1cc([N+](=O)[O-])ccc1Cl. The molecular formula is C13H17ClN2O2. The molecule has 1 aliphatic rings. The van der Waals surface area contributed by atoms with E-state index in [1.807, 2.05) is 0 Å². The van der Waals surface area contributed by atoms with E-state index in [1.165, 1.54) is 12.5 Å². The summed E-state index contributed by atoms with van der Waals surface area (Å²) in [5, 5.41) is 11.4. The molecule has 0 aromatic heterocycles. The third-order valence-electron chi connectivity index (χ3n) is 3.67. The first-order chi connectivity index (χ1) is 8.40. The van der Waals surface area contributed by atoms with Crippen molar-refractivity contribution in [1.29, 1.82) is 0 Å². The Bertz CT molecular complexity index is 474. The van der Waals surface area contributed by atoms with E-state index >= 15 is 0 Å². The fraction of sp³-hybridized carbons (Fsp3) is 0.538. The van der Waals surface area contributed by atoms with Crippen LogP contribution in [0.2, 0.25) is 5.02 Å². The Labute approximate surface area is 112 Å². The first-order valence-electron chi connectivity index (χ1n) is 6.08. The van der Waals surface area contributed by atoms with E-state index in [1.54, 1.807) is 12.1 Å². The minimum absolute atomic E-state index is 0.103. The van der Waals surface area contributed by atoms with Gasteiger partial charge in [-0.2, -0.15) is 0 Å². The lowest BCUT2D eigenvalue weighted by molar-refractivity contribution is -0.384. The van der Waals surface area contributed by atoms with E-state index in [4.69, 9.17) is 11.6 Å². The molecule has 0 spiro atoms. The zero-order chi connectivity index (χ0) is 13.3. The van der Waals surface area contributed by atoms with Gasteiger partial charge >= 0.3 is 0 Å². The van der Waals surface area contributed by atoms with Crippen molar-refractivity contribution in [1.82, 2.24) is 4.90 Å². The Morgan fingerprint density at radius 2 is 2.22 bits per heavy atom. The predicted octanol–water partition coefficient (Wildman–Crippen LogP) is 3.62. The number of benzene rings is 1. The number of nitrogens with zero attached hydrogens (tertiary/aromatic N) is 2. The van der Waals surface area contributed by atoms with Crippen LogP contribution in [0, 0.1) is 10.1 Å². The minimum Gasteiger partial charge on any atom is -0.294 e. The lowest BCUT2D eigenvalue weighted by Crippen LogP contribution is -2.37. The Morgan fingerprint density at radius 3 is 2.78 bits per heavy atom. The topological polar surface area (TPSA) is 46.4 Å². The van der Waals surface area contributed by atoms with Gasteiger partial charge in [-0.25, -0.2) is 0 Å². The molecule has 18 heavy (non-hydrogen) atoms. The molecule has 5 heteroatoms. The van der Waals surface area contributed by atoms with Crippen molar-refractivity contribution in [3.8, 4) is 0 Å². The quantitative estimate of drug-likeness (QED) is 0.621. The molecule has 0 radical (unpaired) electrons. The number of hydrogen-bond acceptors (Lipinski definition) is 3. The molecule has 0 amide bonds. The second kappa shape index (κ2) is 4.86. The van der Waals surface area contributed by atoms with E-state index in [2.05, 4.69) is 18.7 Å². The summed E-state index contributed by atoms with van der Waals surface area (Å²) in [4.78, 5) is 12.7. The van der Waals surface area contributed by atoms with Crippen LogP contribution in [0.4, 0.5) is 5.69 Å². The van der Waals surface area contributed by atoms with Crippen LogP contribution in [0.3, 0.4) is 0 Å². The average molecular weight is 269 g/mol. The highest BCUT2D eigenvalue weighted by atomic mass is 35.5. The predicted molar refractivity (Wildman–Crippen MR) is 71.8 cm³/mol. The second-order valence-corrected chi connectivity index (χ2v) is 5.78. The second-order valence-electron chi connectivity index (χ2n) is 5.37. The van der Waals surface area contributed by atoms with E-state index in [0.29, 0.717) is 11.6 Å². The molecule has 1 aromatic carbocycles. The highest BCUT2D eigenvalue weighted by molar-refractivity contribution is 6.31. The van der Waals surface area contributed by atoms with Crippen LogP contribution in [0.15, 0.2) is 18.2 Å². The van der Waals surface area contributed by atoms with Gasteiger partial charge in [0.05, 0.1) is 4.92 Å². The van der Waals surface area contributed by atoms with Crippen LogP contribution in [0.1, 0.15) is 32.3 Å². The van der Waals surface area contributed by atoms with Gasteiger partial charge in [0, 0.05) is 29.2 Å². The van der Waals surface area contributed by atoms with E-state index in [0.717, 1.165) is 18.5 Å². The van der Waals surface area contributed by atoms with Crippen molar-refractivity contribution in [3.05, 3.63) is 38.9 Å². The summed E-state index contributed by atoms with van der Waals surface area (Å²) in [6, 6.07) is 4.63. The van der Waals surface area contributed by atoms with Crippen LogP contribution in [-0.4, -0.2) is 21.9 Å². The van der Waals surface area contributed by atoms with Crippen molar-refractivity contribution < 1.29 is 4.92 Å². The van der Waals surface area contributed by atoms with Crippen LogP contribution < -0.4 is 0 Å². The van der Waals surface area contributed by atoms with Crippen molar-refractivity contribution in [3.63, 3.8) is 0 Å². The lowest BCUT2D eigenvalue weighted by atomic mass is 10.0. The summed E-state index contributed by atoms with van der Waals surface area (Å²) >= 11 is 6.12. The number of nitro benzene ring substituents is 1. The summed E-state index contributed by atoms with van der Waals surface area (Å²) in [5.74, 6) is 0. The normalized spacial score (nSPS) is 19.1. The summed E-state index contributed by atoms with van der Waals surface area (Å²) in [6.07, 6.45) is 2.32. The molecule has 0 N–H and O–H groups in total. The number of nitro groups is 1. The van der Waals surface area contributed by atoms with E-state index in [9.17, 15) is 10.1 Å². The summed E-state index contributed by atoms with van der Waals surface area (Å²) < 4.78 is 0. The van der Waals surface area contributed by atoms with Gasteiger partial charge in [0.15, 0.2) is 0 Å². The first-order valence-corrected chi connectivity index (χ1v) is 6.46. The van der Waals surface area contributed by atoms with Crippen molar-refractivity contribution in [2.24, 2.45) is 0 Å². The van der Waals surface area contributed by atoms with Gasteiger partial charge in [0.1, 0.15) is 0 Å². The standard InChI is InChI=1S/C13H17ClN2O2/c1-13(2)6-3-7-15(13)9-10-8-11(16(17)18)4-5-12(10)14/h4-5,8H,3,6-7,9H2,1-2H3. The average Bonchev–Trinajstić information content (AvgIpc) is 2.61. The highest BCUT2D eigenvalue weighted by Crippen LogP contribution is 2.32. The summed E-state index contributed by atoms with van der Waals surface area (Å²) in [6.45, 7) is 6.09. The zero-order valence-electron chi connectivity index (χ0n) is 10.6. The molecule has 1 aromatic rings. The molecule has 1 saturated heterocycles. The molecule has 0 unspecified atom stereocenters. The molecule has 1 fully saturated rings. The Balaban J connectivity index is 2.23. The molecule has 0 bridgehead atoms. The van der Waals surface area contributed by atoms with Gasteiger partial charge in [-0.15, -0.1) is 0 Å². The third kappa shape index (κ3) is 2.65. The number of non-ortho nitro benzene ring substituents is 1. The zero-order valence-corrected chi connectivity index (χ0v) is 11.4. The molecule has 0 atom stereocenters. The Kier molecular flexibility index (Phi) is 3.59. The number of halogens is 1. The van der Waals surface area contributed by atoms with E-state index in [-0.39, 0.29) is 16.1 Å². The molecule has 0 aliphatic carbocycles. The third-order valence-corrected chi connectivity index (χ3v) is 4.04. The van der Waals surface area contributed by atoms with Crippen molar-refractivity contribution in [2.45, 2.75) is 38.8 Å². The smallest absolute Gasteiger partial charge is 0.269 e. The van der Waals surface area contributed by atoms with Crippen molar-refractivity contribution in [2.75, 3.05) is 6.54 Å². The van der Waals surface area contributed by atoms with E-state index < -0.39 is 0 Å². The number of hydrogen-bond donors (Lipinski definition) is 0. The van der Waals surface area contributed by atoms with Gasteiger partial charge in [-0.3, -0.25) is 15.0 Å². The highest BCUT2D eigenvalue weighted by Gasteiger charge is 2.32. The Hall–Kier alpha value is -1.13.